The van der Waals surface area contributed by atoms with Crippen LogP contribution in [0.5, 0.6) is 0 Å². The summed E-state index contributed by atoms with van der Waals surface area (Å²) in [4.78, 5) is 1.96. The molecule has 74 valence electrons. The van der Waals surface area contributed by atoms with Crippen LogP contribution in [0.25, 0.3) is 0 Å². The molecule has 1 aromatic heterocycles. The molecule has 0 aliphatic rings. The van der Waals surface area contributed by atoms with E-state index in [0.29, 0.717) is 0 Å². The number of nitrogens with zero attached hydrogens (tertiary/aromatic N) is 3. The fraction of sp³-hybridized carbons (Fsp3) is 0.714. The van der Waals surface area contributed by atoms with E-state index in [1.54, 1.807) is 23.1 Å². The Morgan fingerprint density at radius 1 is 1.46 bits per heavy atom. The minimum absolute atomic E-state index is 0.742. The Hall–Kier alpha value is -0.330. The first-order valence-electron chi connectivity index (χ1n) is 4.07. The molecule has 13 heavy (non-hydrogen) atoms. The van der Waals surface area contributed by atoms with E-state index in [0.717, 1.165) is 28.2 Å². The van der Waals surface area contributed by atoms with Crippen molar-refractivity contribution in [3.63, 3.8) is 0 Å². The molecule has 0 atom stereocenters. The van der Waals surface area contributed by atoms with Gasteiger partial charge in [0.2, 0.25) is 5.13 Å². The third-order valence-electron chi connectivity index (χ3n) is 1.35. The molecule has 1 aromatic rings. The van der Waals surface area contributed by atoms with Gasteiger partial charge in [-0.25, -0.2) is 0 Å². The zero-order valence-electron chi connectivity index (χ0n) is 7.86. The Balaban J connectivity index is 2.40. The first-order valence-corrected chi connectivity index (χ1v) is 5.88. The van der Waals surface area contributed by atoms with Gasteiger partial charge < -0.3 is 10.6 Å². The molecule has 1 rings (SSSR count). The Labute approximate surface area is 86.5 Å². The Morgan fingerprint density at radius 3 is 2.77 bits per heavy atom. The van der Waals surface area contributed by atoms with Crippen LogP contribution in [0.4, 0.5) is 5.13 Å². The van der Waals surface area contributed by atoms with Crippen molar-refractivity contribution in [3.05, 3.63) is 0 Å². The molecule has 0 radical (unpaired) electrons. The van der Waals surface area contributed by atoms with E-state index in [1.807, 2.05) is 19.0 Å². The highest BCUT2D eigenvalue weighted by Crippen LogP contribution is 2.26. The summed E-state index contributed by atoms with van der Waals surface area (Å²) in [7, 11) is 3.93. The lowest BCUT2D eigenvalue weighted by atomic mass is 10.5. The average Bonchev–Trinajstić information content (AvgIpc) is 2.53. The molecule has 0 amide bonds. The second-order valence-corrected chi connectivity index (χ2v) is 5.03. The number of hydrogen-bond donors (Lipinski definition) is 1. The molecule has 0 fully saturated rings. The van der Waals surface area contributed by atoms with Crippen molar-refractivity contribution < 1.29 is 0 Å². The summed E-state index contributed by atoms with van der Waals surface area (Å²) in [5, 5.41) is 9.05. The summed E-state index contributed by atoms with van der Waals surface area (Å²) < 4.78 is 1.03. The molecule has 0 saturated heterocycles. The summed E-state index contributed by atoms with van der Waals surface area (Å²) in [6.07, 6.45) is 1.03. The molecule has 0 aliphatic heterocycles. The highest BCUT2D eigenvalue weighted by atomic mass is 32.2. The molecule has 1 heterocycles. The maximum Gasteiger partial charge on any atom is 0.208 e. The molecule has 0 aliphatic carbocycles. The van der Waals surface area contributed by atoms with Gasteiger partial charge in [0.1, 0.15) is 0 Å². The Bertz CT molecular complexity index is 248. The van der Waals surface area contributed by atoms with Crippen LogP contribution in [0, 0.1) is 0 Å². The van der Waals surface area contributed by atoms with E-state index < -0.39 is 0 Å². The van der Waals surface area contributed by atoms with Crippen molar-refractivity contribution in [2.75, 3.05) is 31.3 Å². The lowest BCUT2D eigenvalue weighted by Crippen LogP contribution is -2.07. The van der Waals surface area contributed by atoms with Crippen molar-refractivity contribution in [2.45, 2.75) is 10.8 Å². The van der Waals surface area contributed by atoms with E-state index >= 15 is 0 Å². The van der Waals surface area contributed by atoms with Gasteiger partial charge in [0, 0.05) is 19.8 Å². The molecule has 4 nitrogen and oxygen atoms in total. The van der Waals surface area contributed by atoms with Crippen LogP contribution in [0.3, 0.4) is 0 Å². The van der Waals surface area contributed by atoms with Crippen molar-refractivity contribution in [1.29, 1.82) is 0 Å². The SMILES string of the molecule is CN(C)c1nnc(SCCCN)s1. The Morgan fingerprint density at radius 2 is 2.23 bits per heavy atom. The van der Waals surface area contributed by atoms with Crippen LogP contribution in [0.2, 0.25) is 0 Å². The first-order chi connectivity index (χ1) is 6.24. The molecule has 0 aromatic carbocycles. The summed E-state index contributed by atoms with van der Waals surface area (Å²) >= 11 is 3.34. The zero-order chi connectivity index (χ0) is 9.68. The third kappa shape index (κ3) is 3.50. The van der Waals surface area contributed by atoms with E-state index in [2.05, 4.69) is 10.2 Å². The van der Waals surface area contributed by atoms with Crippen molar-refractivity contribution in [1.82, 2.24) is 10.2 Å². The monoisotopic (exact) mass is 218 g/mol. The predicted molar refractivity (Wildman–Crippen MR) is 58.6 cm³/mol. The molecular weight excluding hydrogens is 204 g/mol. The van der Waals surface area contributed by atoms with Crippen LogP contribution in [0.15, 0.2) is 4.34 Å². The molecule has 2 N–H and O–H groups in total. The molecule has 0 unspecified atom stereocenters. The predicted octanol–water partition coefficient (Wildman–Crippen LogP) is 1.04. The molecule has 6 heteroatoms. The summed E-state index contributed by atoms with van der Waals surface area (Å²) in [5.41, 5.74) is 5.39. The summed E-state index contributed by atoms with van der Waals surface area (Å²) in [6, 6.07) is 0. The van der Waals surface area contributed by atoms with Crippen LogP contribution >= 0.6 is 23.1 Å². The largest absolute Gasteiger partial charge is 0.353 e. The van der Waals surface area contributed by atoms with Gasteiger partial charge in [-0.1, -0.05) is 23.1 Å². The average molecular weight is 218 g/mol. The van der Waals surface area contributed by atoms with E-state index in [9.17, 15) is 0 Å². The molecule has 0 bridgehead atoms. The standard InChI is InChI=1S/C7H14N4S2/c1-11(2)6-9-10-7(13-6)12-5-3-4-8/h3-5,8H2,1-2H3. The number of anilines is 1. The van der Waals surface area contributed by atoms with E-state index in [1.165, 1.54) is 0 Å². The maximum atomic E-state index is 5.39. The number of nitrogens with two attached hydrogens (primary N) is 1. The third-order valence-corrected chi connectivity index (χ3v) is 3.66. The number of aromatic nitrogens is 2. The van der Waals surface area contributed by atoms with Gasteiger partial charge in [0.05, 0.1) is 0 Å². The number of hydrogen-bond acceptors (Lipinski definition) is 6. The minimum Gasteiger partial charge on any atom is -0.353 e. The second-order valence-electron chi connectivity index (χ2n) is 2.74. The zero-order valence-corrected chi connectivity index (χ0v) is 9.49. The number of thioether (sulfide) groups is 1. The van der Waals surface area contributed by atoms with Gasteiger partial charge >= 0.3 is 0 Å². The van der Waals surface area contributed by atoms with Gasteiger partial charge in [-0.05, 0) is 13.0 Å². The highest BCUT2D eigenvalue weighted by molar-refractivity contribution is 8.01. The summed E-state index contributed by atoms with van der Waals surface area (Å²) in [5.74, 6) is 1.03. The first kappa shape index (κ1) is 10.7. The lowest BCUT2D eigenvalue weighted by Gasteiger charge is -2.03. The van der Waals surface area contributed by atoms with Crippen molar-refractivity contribution in [3.8, 4) is 0 Å². The molecule has 0 saturated carbocycles. The minimum atomic E-state index is 0.742. The van der Waals surface area contributed by atoms with E-state index in [4.69, 9.17) is 5.73 Å². The van der Waals surface area contributed by atoms with Gasteiger partial charge in [-0.15, -0.1) is 10.2 Å². The second kappa shape index (κ2) is 5.41. The normalized spacial score (nSPS) is 10.4. The highest BCUT2D eigenvalue weighted by Gasteiger charge is 2.04. The maximum absolute atomic E-state index is 5.39. The molecule has 0 spiro atoms. The van der Waals surface area contributed by atoms with Crippen LogP contribution in [-0.4, -0.2) is 36.6 Å². The van der Waals surface area contributed by atoms with E-state index in [-0.39, 0.29) is 0 Å². The van der Waals surface area contributed by atoms with Gasteiger partial charge in [0.15, 0.2) is 4.34 Å². The fourth-order valence-corrected chi connectivity index (χ4v) is 2.48. The topological polar surface area (TPSA) is 55.0 Å². The molecular formula is C7H14N4S2. The Kier molecular flexibility index (Phi) is 4.47. The fourth-order valence-electron chi connectivity index (χ4n) is 0.684. The van der Waals surface area contributed by atoms with Crippen LogP contribution < -0.4 is 10.6 Å². The van der Waals surface area contributed by atoms with Crippen molar-refractivity contribution in [2.24, 2.45) is 5.73 Å². The van der Waals surface area contributed by atoms with Gasteiger partial charge in [-0.2, -0.15) is 0 Å². The van der Waals surface area contributed by atoms with Gasteiger partial charge in [-0.3, -0.25) is 0 Å². The smallest absolute Gasteiger partial charge is 0.208 e. The van der Waals surface area contributed by atoms with Crippen molar-refractivity contribution >= 4 is 28.2 Å². The van der Waals surface area contributed by atoms with Crippen LogP contribution in [0.1, 0.15) is 6.42 Å². The van der Waals surface area contributed by atoms with Crippen LogP contribution in [-0.2, 0) is 0 Å². The quantitative estimate of drug-likeness (QED) is 0.591. The van der Waals surface area contributed by atoms with Gasteiger partial charge in [0.25, 0.3) is 0 Å². The number of rotatable bonds is 5. The lowest BCUT2D eigenvalue weighted by molar-refractivity contribution is 0.936. The summed E-state index contributed by atoms with van der Waals surface area (Å²) in [6.45, 7) is 0.742.